The molecule has 2 nitrogen and oxygen atoms in total. The smallest absolute Gasteiger partial charge is 0.0961 e. The molecule has 0 aliphatic carbocycles. The van der Waals surface area contributed by atoms with Gasteiger partial charge in [-0.25, -0.2) is 0 Å². The SMILES string of the molecule is C=C1/N=C(C)\C=C(\c2ccccc2)C/C=C\c2c(-c3ccccc3)cc(C)nc21. The zero-order valence-corrected chi connectivity index (χ0v) is 16.9. The van der Waals surface area contributed by atoms with Gasteiger partial charge in [0.2, 0.25) is 0 Å². The van der Waals surface area contributed by atoms with Crippen LogP contribution in [-0.4, -0.2) is 10.7 Å². The molecule has 0 fully saturated rings. The van der Waals surface area contributed by atoms with Gasteiger partial charge in [-0.2, -0.15) is 0 Å². The van der Waals surface area contributed by atoms with Gasteiger partial charge in [0.25, 0.3) is 0 Å². The second kappa shape index (κ2) is 8.24. The number of rotatable bonds is 2. The summed E-state index contributed by atoms with van der Waals surface area (Å²) >= 11 is 0. The van der Waals surface area contributed by atoms with Crippen molar-refractivity contribution in [2.45, 2.75) is 20.3 Å². The van der Waals surface area contributed by atoms with Crippen LogP contribution in [0.2, 0.25) is 0 Å². The van der Waals surface area contributed by atoms with E-state index in [1.807, 2.05) is 26.0 Å². The molecule has 0 unspecified atom stereocenters. The minimum Gasteiger partial charge on any atom is -0.252 e. The first kappa shape index (κ1) is 18.8. The zero-order chi connectivity index (χ0) is 20.2. The van der Waals surface area contributed by atoms with Crippen molar-refractivity contribution in [1.82, 2.24) is 4.98 Å². The highest BCUT2D eigenvalue weighted by Crippen LogP contribution is 2.32. The van der Waals surface area contributed by atoms with E-state index in [-0.39, 0.29) is 0 Å². The Bertz CT molecular complexity index is 1130. The Morgan fingerprint density at radius 3 is 2.21 bits per heavy atom. The van der Waals surface area contributed by atoms with E-state index in [0.717, 1.165) is 34.6 Å². The topological polar surface area (TPSA) is 25.2 Å². The van der Waals surface area contributed by atoms with Gasteiger partial charge in [-0.15, -0.1) is 0 Å². The number of aromatic nitrogens is 1. The molecule has 3 aromatic rings. The van der Waals surface area contributed by atoms with Crippen LogP contribution in [0.25, 0.3) is 28.5 Å². The molecule has 142 valence electrons. The van der Waals surface area contributed by atoms with Gasteiger partial charge in [0.05, 0.1) is 11.4 Å². The Kier molecular flexibility index (Phi) is 5.35. The summed E-state index contributed by atoms with van der Waals surface area (Å²) in [5.41, 5.74) is 9.26. The van der Waals surface area contributed by atoms with E-state index < -0.39 is 0 Å². The van der Waals surface area contributed by atoms with Gasteiger partial charge in [0.1, 0.15) is 0 Å². The lowest BCUT2D eigenvalue weighted by Crippen LogP contribution is -2.00. The summed E-state index contributed by atoms with van der Waals surface area (Å²) in [4.78, 5) is 9.57. The number of aliphatic imine (C=N–C) groups is 1. The Labute approximate surface area is 172 Å². The molecule has 1 aromatic heterocycles. The summed E-state index contributed by atoms with van der Waals surface area (Å²) in [5.74, 6) is 0. The van der Waals surface area contributed by atoms with Crippen LogP contribution >= 0.6 is 0 Å². The largest absolute Gasteiger partial charge is 0.252 e. The predicted molar refractivity (Wildman–Crippen MR) is 125 cm³/mol. The Morgan fingerprint density at radius 1 is 0.862 bits per heavy atom. The highest BCUT2D eigenvalue weighted by atomic mass is 14.8. The summed E-state index contributed by atoms with van der Waals surface area (Å²) in [6.07, 6.45) is 7.35. The lowest BCUT2D eigenvalue weighted by Gasteiger charge is -2.15. The van der Waals surface area contributed by atoms with Crippen LogP contribution in [0.1, 0.15) is 35.9 Å². The van der Waals surface area contributed by atoms with Crippen molar-refractivity contribution in [3.8, 4) is 11.1 Å². The Hall–Kier alpha value is -3.52. The molecule has 0 saturated carbocycles. The summed E-state index contributed by atoms with van der Waals surface area (Å²) in [6.45, 7) is 8.28. The van der Waals surface area contributed by atoms with E-state index in [1.54, 1.807) is 0 Å². The number of pyridine rings is 1. The summed E-state index contributed by atoms with van der Waals surface area (Å²) < 4.78 is 0. The van der Waals surface area contributed by atoms with Gasteiger partial charge >= 0.3 is 0 Å². The minimum absolute atomic E-state index is 0.689. The summed E-state index contributed by atoms with van der Waals surface area (Å²) in [5, 5.41) is 0. The molecule has 2 heterocycles. The van der Waals surface area contributed by atoms with Crippen molar-refractivity contribution in [1.29, 1.82) is 0 Å². The Morgan fingerprint density at radius 2 is 1.52 bits per heavy atom. The van der Waals surface area contributed by atoms with Crippen LogP contribution in [0, 0.1) is 6.92 Å². The van der Waals surface area contributed by atoms with Gasteiger partial charge in [-0.3, -0.25) is 9.98 Å². The number of hydrogen-bond acceptors (Lipinski definition) is 2. The van der Waals surface area contributed by atoms with Gasteiger partial charge in [0, 0.05) is 17.0 Å². The monoisotopic (exact) mass is 376 g/mol. The fourth-order valence-corrected chi connectivity index (χ4v) is 3.69. The fourth-order valence-electron chi connectivity index (χ4n) is 3.69. The normalized spacial score (nSPS) is 18.8. The quantitative estimate of drug-likeness (QED) is 0.473. The number of nitrogens with zero attached hydrogens (tertiary/aromatic N) is 2. The molecule has 1 aliphatic rings. The van der Waals surface area contributed by atoms with Crippen LogP contribution in [0.4, 0.5) is 0 Å². The maximum Gasteiger partial charge on any atom is 0.0961 e. The third-order valence-electron chi connectivity index (χ3n) is 5.01. The molecule has 0 N–H and O–H groups in total. The van der Waals surface area contributed by atoms with Crippen LogP contribution in [0.15, 0.2) is 90.5 Å². The number of fused-ring (bicyclic) bond motifs is 1. The standard InChI is InChI=1S/C27H24N2/c1-19-17-24(22-11-6-4-7-12-22)15-10-16-25-26(23-13-8-5-9-14-23)18-20(2)29-27(25)21(3)28-19/h4-14,16-18H,3,15H2,1-2H3/b16-10-,24-17+,28-19-. The van der Waals surface area contributed by atoms with Crippen LogP contribution in [0.5, 0.6) is 0 Å². The molecule has 0 bridgehead atoms. The second-order valence-electron chi connectivity index (χ2n) is 7.28. The van der Waals surface area contributed by atoms with Crippen molar-refractivity contribution in [2.75, 3.05) is 0 Å². The van der Waals surface area contributed by atoms with Crippen molar-refractivity contribution in [3.05, 3.63) is 108 Å². The molecule has 0 saturated heterocycles. The first-order chi connectivity index (χ1) is 14.1. The Balaban J connectivity index is 1.87. The lowest BCUT2D eigenvalue weighted by atomic mass is 9.94. The highest BCUT2D eigenvalue weighted by Gasteiger charge is 2.14. The molecule has 0 atom stereocenters. The fraction of sp³-hybridized carbons (Fsp3) is 0.111. The lowest BCUT2D eigenvalue weighted by molar-refractivity contribution is 1.15. The van der Waals surface area contributed by atoms with E-state index in [1.165, 1.54) is 16.7 Å². The third kappa shape index (κ3) is 4.17. The van der Waals surface area contributed by atoms with Crippen molar-refractivity contribution in [3.63, 3.8) is 0 Å². The number of allylic oxidation sites excluding steroid dienone is 3. The summed E-state index contributed by atoms with van der Waals surface area (Å²) in [6, 6.07) is 23.0. The predicted octanol–water partition coefficient (Wildman–Crippen LogP) is 6.99. The molecule has 0 spiro atoms. The van der Waals surface area contributed by atoms with Crippen LogP contribution in [-0.2, 0) is 0 Å². The van der Waals surface area contributed by atoms with E-state index in [2.05, 4.69) is 79.4 Å². The molecule has 1 aliphatic heterocycles. The van der Waals surface area contributed by atoms with Crippen LogP contribution in [0.3, 0.4) is 0 Å². The number of hydrogen-bond donors (Lipinski definition) is 0. The van der Waals surface area contributed by atoms with Gasteiger partial charge in [-0.1, -0.05) is 79.4 Å². The van der Waals surface area contributed by atoms with E-state index in [0.29, 0.717) is 5.70 Å². The van der Waals surface area contributed by atoms with Crippen molar-refractivity contribution in [2.24, 2.45) is 4.99 Å². The maximum atomic E-state index is 4.79. The molecule has 0 radical (unpaired) electrons. The van der Waals surface area contributed by atoms with Crippen molar-refractivity contribution >= 4 is 23.1 Å². The van der Waals surface area contributed by atoms with Gasteiger partial charge in [-0.05, 0) is 54.7 Å². The van der Waals surface area contributed by atoms with Gasteiger partial charge in [0.15, 0.2) is 0 Å². The first-order valence-electron chi connectivity index (χ1n) is 9.86. The molecule has 2 aromatic carbocycles. The van der Waals surface area contributed by atoms with Crippen molar-refractivity contribution < 1.29 is 0 Å². The second-order valence-corrected chi connectivity index (χ2v) is 7.28. The van der Waals surface area contributed by atoms with Crippen LogP contribution < -0.4 is 0 Å². The highest BCUT2D eigenvalue weighted by molar-refractivity contribution is 6.02. The summed E-state index contributed by atoms with van der Waals surface area (Å²) in [7, 11) is 0. The molecular formula is C27H24N2. The minimum atomic E-state index is 0.689. The average Bonchev–Trinajstić information content (AvgIpc) is 2.74. The number of benzene rings is 2. The molecule has 4 rings (SSSR count). The van der Waals surface area contributed by atoms with E-state index in [4.69, 9.17) is 9.98 Å². The molecule has 29 heavy (non-hydrogen) atoms. The third-order valence-corrected chi connectivity index (χ3v) is 5.01. The molecule has 0 amide bonds. The zero-order valence-electron chi connectivity index (χ0n) is 16.9. The van der Waals surface area contributed by atoms with Gasteiger partial charge < -0.3 is 0 Å². The van der Waals surface area contributed by atoms with E-state index in [9.17, 15) is 0 Å². The van der Waals surface area contributed by atoms with E-state index >= 15 is 0 Å². The number of aryl methyl sites for hydroxylation is 1. The average molecular weight is 377 g/mol. The molecule has 2 heteroatoms. The first-order valence-corrected chi connectivity index (χ1v) is 9.86. The maximum absolute atomic E-state index is 4.79. The molecular weight excluding hydrogens is 352 g/mol.